The summed E-state index contributed by atoms with van der Waals surface area (Å²) in [6.45, 7) is 12.1. The molecule has 0 saturated carbocycles. The van der Waals surface area contributed by atoms with E-state index >= 15 is 0 Å². The number of oxime groups is 1. The van der Waals surface area contributed by atoms with Gasteiger partial charge in [0.2, 0.25) is 0 Å². The van der Waals surface area contributed by atoms with Crippen molar-refractivity contribution in [1.29, 1.82) is 0 Å². The van der Waals surface area contributed by atoms with Crippen LogP contribution in [0.25, 0.3) is 10.4 Å². The minimum Gasteiger partial charge on any atom is -0.394 e. The lowest BCUT2D eigenvalue weighted by Crippen LogP contribution is -2.26. The number of aryl methyl sites for hydroxylation is 1. The third-order valence-electron chi connectivity index (χ3n) is 3.89. The highest BCUT2D eigenvalue weighted by Crippen LogP contribution is 2.28. The van der Waals surface area contributed by atoms with Gasteiger partial charge in [-0.2, -0.15) is 0 Å². The lowest BCUT2D eigenvalue weighted by molar-refractivity contribution is 0.114. The van der Waals surface area contributed by atoms with Crippen molar-refractivity contribution in [2.24, 2.45) is 5.16 Å². The van der Waals surface area contributed by atoms with Crippen molar-refractivity contribution in [2.45, 2.75) is 27.7 Å². The fraction of sp³-hybridized carbons (Fsp3) is 0.421. The standard InChI is InChI=1S/C19H26N2OS/c1-5-21(6-2)13-14-22-20-16(4)18-11-12-19(23-18)17-9-7-15(3)8-10-17/h7-12H,5-6,13-14H2,1-4H3/b20-16+. The van der Waals surface area contributed by atoms with Crippen LogP contribution in [0.1, 0.15) is 31.2 Å². The number of thiophene rings is 1. The van der Waals surface area contributed by atoms with Crippen LogP contribution < -0.4 is 0 Å². The fourth-order valence-electron chi connectivity index (χ4n) is 2.30. The second-order valence-corrected chi connectivity index (χ2v) is 6.65. The predicted octanol–water partition coefficient (Wildman–Crippen LogP) is 4.81. The monoisotopic (exact) mass is 330 g/mol. The van der Waals surface area contributed by atoms with E-state index in [1.54, 1.807) is 11.3 Å². The van der Waals surface area contributed by atoms with Crippen LogP contribution >= 0.6 is 11.3 Å². The lowest BCUT2D eigenvalue weighted by Gasteiger charge is -2.16. The SMILES string of the molecule is CCN(CC)CCO/N=C(\C)c1ccc(-c2ccc(C)cc2)s1. The number of hydrogen-bond acceptors (Lipinski definition) is 4. The molecule has 1 aromatic carbocycles. The second-order valence-electron chi connectivity index (χ2n) is 5.57. The first-order valence-corrected chi connectivity index (χ1v) is 9.01. The number of benzene rings is 1. The Hall–Kier alpha value is -1.65. The molecule has 0 aliphatic carbocycles. The van der Waals surface area contributed by atoms with Crippen molar-refractivity contribution in [3.63, 3.8) is 0 Å². The Labute approximate surface area is 143 Å². The lowest BCUT2D eigenvalue weighted by atomic mass is 10.1. The van der Waals surface area contributed by atoms with Gasteiger partial charge in [0.25, 0.3) is 0 Å². The zero-order valence-electron chi connectivity index (χ0n) is 14.5. The van der Waals surface area contributed by atoms with Crippen LogP contribution in [-0.2, 0) is 4.84 Å². The Balaban J connectivity index is 1.94. The Morgan fingerprint density at radius 3 is 2.43 bits per heavy atom. The molecular weight excluding hydrogens is 304 g/mol. The molecule has 23 heavy (non-hydrogen) atoms. The first kappa shape index (κ1) is 17.7. The number of likely N-dealkylation sites (N-methyl/N-ethyl adjacent to an activating group) is 1. The molecule has 0 atom stereocenters. The minimum absolute atomic E-state index is 0.634. The first-order chi connectivity index (χ1) is 11.1. The summed E-state index contributed by atoms with van der Waals surface area (Å²) in [5, 5.41) is 4.26. The molecule has 0 fully saturated rings. The molecule has 4 heteroatoms. The summed E-state index contributed by atoms with van der Waals surface area (Å²) in [6, 6.07) is 12.9. The maximum absolute atomic E-state index is 5.47. The topological polar surface area (TPSA) is 24.8 Å². The molecule has 1 aromatic heterocycles. The Morgan fingerprint density at radius 1 is 1.09 bits per heavy atom. The van der Waals surface area contributed by atoms with E-state index in [0.29, 0.717) is 6.61 Å². The van der Waals surface area contributed by atoms with Gasteiger partial charge in [0, 0.05) is 11.4 Å². The molecule has 124 valence electrons. The molecule has 0 spiro atoms. The summed E-state index contributed by atoms with van der Waals surface area (Å²) in [4.78, 5) is 10.2. The molecule has 2 aromatic rings. The van der Waals surface area contributed by atoms with Gasteiger partial charge in [0.15, 0.2) is 0 Å². The average Bonchev–Trinajstić information content (AvgIpc) is 3.05. The summed E-state index contributed by atoms with van der Waals surface area (Å²) in [6.07, 6.45) is 0. The summed E-state index contributed by atoms with van der Waals surface area (Å²) in [5.41, 5.74) is 3.47. The number of nitrogens with zero attached hydrogens (tertiary/aromatic N) is 2. The van der Waals surface area contributed by atoms with Gasteiger partial charge in [-0.25, -0.2) is 0 Å². The van der Waals surface area contributed by atoms with Crippen LogP contribution in [0.2, 0.25) is 0 Å². The molecular formula is C19H26N2OS. The number of hydrogen-bond donors (Lipinski definition) is 0. The number of rotatable bonds is 8. The molecule has 3 nitrogen and oxygen atoms in total. The average molecular weight is 330 g/mol. The van der Waals surface area contributed by atoms with Gasteiger partial charge in [-0.1, -0.05) is 48.8 Å². The van der Waals surface area contributed by atoms with Crippen molar-refractivity contribution in [3.8, 4) is 10.4 Å². The minimum atomic E-state index is 0.634. The van der Waals surface area contributed by atoms with Gasteiger partial charge in [-0.3, -0.25) is 0 Å². The van der Waals surface area contributed by atoms with Crippen LogP contribution in [0, 0.1) is 6.92 Å². The van der Waals surface area contributed by atoms with Crippen LogP contribution in [0.15, 0.2) is 41.6 Å². The summed E-state index contributed by atoms with van der Waals surface area (Å²) >= 11 is 1.75. The van der Waals surface area contributed by atoms with E-state index in [4.69, 9.17) is 4.84 Å². The molecule has 0 aliphatic rings. The first-order valence-electron chi connectivity index (χ1n) is 8.20. The molecule has 1 heterocycles. The maximum atomic E-state index is 5.47. The largest absolute Gasteiger partial charge is 0.394 e. The highest BCUT2D eigenvalue weighted by atomic mass is 32.1. The molecule has 0 aliphatic heterocycles. The highest BCUT2D eigenvalue weighted by molar-refractivity contribution is 7.17. The van der Waals surface area contributed by atoms with Crippen LogP contribution in [0.3, 0.4) is 0 Å². The van der Waals surface area contributed by atoms with E-state index < -0.39 is 0 Å². The van der Waals surface area contributed by atoms with E-state index in [9.17, 15) is 0 Å². The summed E-state index contributed by atoms with van der Waals surface area (Å²) in [5.74, 6) is 0. The molecule has 0 amide bonds. The van der Waals surface area contributed by atoms with Crippen molar-refractivity contribution in [1.82, 2.24) is 4.90 Å². The van der Waals surface area contributed by atoms with Crippen molar-refractivity contribution in [2.75, 3.05) is 26.2 Å². The quantitative estimate of drug-likeness (QED) is 0.394. The van der Waals surface area contributed by atoms with Crippen molar-refractivity contribution >= 4 is 17.0 Å². The smallest absolute Gasteiger partial charge is 0.129 e. The van der Waals surface area contributed by atoms with Gasteiger partial charge >= 0.3 is 0 Å². The summed E-state index contributed by atoms with van der Waals surface area (Å²) < 4.78 is 0. The highest BCUT2D eigenvalue weighted by Gasteiger charge is 2.06. The third kappa shape index (κ3) is 5.19. The van der Waals surface area contributed by atoms with Crippen LogP contribution in [-0.4, -0.2) is 36.9 Å². The van der Waals surface area contributed by atoms with Crippen molar-refractivity contribution < 1.29 is 4.84 Å². The Kier molecular flexibility index (Phi) is 6.81. The van der Waals surface area contributed by atoms with Gasteiger partial charge in [-0.05, 0) is 44.6 Å². The van der Waals surface area contributed by atoms with Crippen LogP contribution in [0.4, 0.5) is 0 Å². The van der Waals surface area contributed by atoms with E-state index in [1.165, 1.54) is 16.0 Å². The van der Waals surface area contributed by atoms with Crippen LogP contribution in [0.5, 0.6) is 0 Å². The van der Waals surface area contributed by atoms with E-state index in [1.807, 2.05) is 6.92 Å². The fourth-order valence-corrected chi connectivity index (χ4v) is 3.25. The summed E-state index contributed by atoms with van der Waals surface area (Å²) in [7, 11) is 0. The Morgan fingerprint density at radius 2 is 1.78 bits per heavy atom. The Bertz CT molecular complexity index is 627. The molecule has 0 N–H and O–H groups in total. The second kappa shape index (κ2) is 8.85. The van der Waals surface area contributed by atoms with Gasteiger partial charge in [-0.15, -0.1) is 11.3 Å². The zero-order chi connectivity index (χ0) is 16.7. The van der Waals surface area contributed by atoms with Crippen molar-refractivity contribution in [3.05, 3.63) is 46.8 Å². The zero-order valence-corrected chi connectivity index (χ0v) is 15.3. The molecule has 0 bridgehead atoms. The predicted molar refractivity (Wildman–Crippen MR) is 100 cm³/mol. The molecule has 0 radical (unpaired) electrons. The maximum Gasteiger partial charge on any atom is 0.129 e. The molecule has 0 saturated heterocycles. The van der Waals surface area contributed by atoms with Gasteiger partial charge in [0.1, 0.15) is 6.61 Å². The third-order valence-corrected chi connectivity index (χ3v) is 5.14. The van der Waals surface area contributed by atoms with Gasteiger partial charge in [0.05, 0.1) is 10.6 Å². The normalized spacial score (nSPS) is 12.0. The molecule has 2 rings (SSSR count). The van der Waals surface area contributed by atoms with E-state index in [0.717, 1.165) is 30.2 Å². The van der Waals surface area contributed by atoms with E-state index in [-0.39, 0.29) is 0 Å². The van der Waals surface area contributed by atoms with Gasteiger partial charge < -0.3 is 9.74 Å². The van der Waals surface area contributed by atoms with E-state index in [2.05, 4.69) is 67.2 Å². The molecule has 0 unspecified atom stereocenters.